The lowest BCUT2D eigenvalue weighted by Crippen LogP contribution is -2.31. The van der Waals surface area contributed by atoms with Gasteiger partial charge in [-0.25, -0.2) is 0 Å². The van der Waals surface area contributed by atoms with E-state index in [0.717, 1.165) is 24.2 Å². The van der Waals surface area contributed by atoms with Gasteiger partial charge in [0, 0.05) is 30.9 Å². The molecule has 6 heteroatoms. The summed E-state index contributed by atoms with van der Waals surface area (Å²) in [6.45, 7) is 5.17. The van der Waals surface area contributed by atoms with Crippen LogP contribution in [0, 0.1) is 0 Å². The second kappa shape index (κ2) is 21.2. The maximum Gasteiger partial charge on any atom is 0.302 e. The molecule has 0 bridgehead atoms. The summed E-state index contributed by atoms with van der Waals surface area (Å²) in [6.07, 6.45) is 20.1. The molecule has 1 aliphatic rings. The van der Waals surface area contributed by atoms with Gasteiger partial charge >= 0.3 is 11.9 Å². The third-order valence-electron chi connectivity index (χ3n) is 7.53. The Morgan fingerprint density at radius 1 is 0.821 bits per heavy atom. The molecule has 1 aromatic rings. The highest BCUT2D eigenvalue weighted by molar-refractivity contribution is 7.99. The number of hydrogen-bond donors (Lipinski definition) is 0. The standard InChI is InChI=1S/C33H54O5S/c1-4-5-6-7-8-9-10-11-12-13-14-15-16-17-21-24-30(36-27(2)34)31-25-32(37-28(3)35)33(38-31)26-39-29-22-19-18-20-23-29/h18-20,22-23,30-33H,4-17,21,24-26H2,1-3H3/t30-,31-,32+,33+/m0/s1. The first-order valence-corrected chi connectivity index (χ1v) is 16.7. The van der Waals surface area contributed by atoms with Gasteiger partial charge < -0.3 is 14.2 Å². The Morgan fingerprint density at radius 3 is 1.87 bits per heavy atom. The molecular weight excluding hydrogens is 508 g/mol. The van der Waals surface area contributed by atoms with Crippen LogP contribution in [0.1, 0.15) is 130 Å². The molecule has 1 heterocycles. The van der Waals surface area contributed by atoms with Gasteiger partial charge in [0.05, 0.1) is 6.10 Å². The SMILES string of the molecule is CCCCCCCCCCCCCCCCC[C@H](OC(C)=O)[C@@H]1C[C@@H](OC(C)=O)[C@@H](CSc2ccccc2)O1. The molecule has 222 valence electrons. The number of thioether (sulfide) groups is 1. The minimum absolute atomic E-state index is 0.219. The second-order valence-corrected chi connectivity index (χ2v) is 12.2. The summed E-state index contributed by atoms with van der Waals surface area (Å²) in [7, 11) is 0. The monoisotopic (exact) mass is 562 g/mol. The van der Waals surface area contributed by atoms with E-state index < -0.39 is 0 Å². The molecule has 2 rings (SSSR count). The Hall–Kier alpha value is -1.53. The summed E-state index contributed by atoms with van der Waals surface area (Å²) in [5, 5.41) is 0. The third-order valence-corrected chi connectivity index (χ3v) is 8.63. The Bertz CT molecular complexity index is 771. The fraction of sp³-hybridized carbons (Fsp3) is 0.758. The Kier molecular flexibility index (Phi) is 18.3. The molecule has 0 N–H and O–H groups in total. The highest BCUT2D eigenvalue weighted by Gasteiger charge is 2.42. The average Bonchev–Trinajstić information content (AvgIpc) is 3.31. The van der Waals surface area contributed by atoms with Crippen LogP contribution in [-0.2, 0) is 23.8 Å². The molecule has 39 heavy (non-hydrogen) atoms. The number of carbonyl (C=O) groups excluding carboxylic acids is 2. The molecule has 1 aromatic carbocycles. The molecule has 0 amide bonds. The van der Waals surface area contributed by atoms with Crippen LogP contribution < -0.4 is 0 Å². The van der Waals surface area contributed by atoms with Gasteiger partial charge in [-0.05, 0) is 25.0 Å². The maximum absolute atomic E-state index is 11.9. The Morgan fingerprint density at radius 2 is 1.36 bits per heavy atom. The van der Waals surface area contributed by atoms with Gasteiger partial charge in [-0.15, -0.1) is 11.8 Å². The summed E-state index contributed by atoms with van der Waals surface area (Å²) in [6, 6.07) is 10.2. The number of benzene rings is 1. The van der Waals surface area contributed by atoms with Crippen LogP contribution in [0.5, 0.6) is 0 Å². The quantitative estimate of drug-likeness (QED) is 0.0798. The van der Waals surface area contributed by atoms with Crippen molar-refractivity contribution in [3.63, 3.8) is 0 Å². The molecular formula is C33H54O5S. The van der Waals surface area contributed by atoms with Crippen LogP contribution in [-0.4, -0.2) is 42.1 Å². The zero-order valence-corrected chi connectivity index (χ0v) is 25.7. The largest absolute Gasteiger partial charge is 0.460 e. The lowest BCUT2D eigenvalue weighted by Gasteiger charge is -2.23. The maximum atomic E-state index is 11.9. The van der Waals surface area contributed by atoms with Crippen LogP contribution in [0.3, 0.4) is 0 Å². The fourth-order valence-electron chi connectivity index (χ4n) is 5.42. The molecule has 0 spiro atoms. The van der Waals surface area contributed by atoms with Crippen molar-refractivity contribution in [2.45, 2.75) is 159 Å². The molecule has 0 saturated carbocycles. The lowest BCUT2D eigenvalue weighted by atomic mass is 10.0. The highest BCUT2D eigenvalue weighted by Crippen LogP contribution is 2.32. The molecule has 0 unspecified atom stereocenters. The number of carbonyl (C=O) groups is 2. The first-order chi connectivity index (χ1) is 19.0. The second-order valence-electron chi connectivity index (χ2n) is 11.1. The average molecular weight is 563 g/mol. The lowest BCUT2D eigenvalue weighted by molar-refractivity contribution is -0.154. The van der Waals surface area contributed by atoms with Gasteiger partial charge in [0.15, 0.2) is 0 Å². The van der Waals surface area contributed by atoms with Crippen LogP contribution in [0.4, 0.5) is 0 Å². The molecule has 4 atom stereocenters. The van der Waals surface area contributed by atoms with Crippen LogP contribution in [0.25, 0.3) is 0 Å². The topological polar surface area (TPSA) is 61.8 Å². The molecule has 0 aromatic heterocycles. The number of hydrogen-bond acceptors (Lipinski definition) is 6. The van der Waals surface area contributed by atoms with Crippen molar-refractivity contribution in [2.75, 3.05) is 5.75 Å². The van der Waals surface area contributed by atoms with Crippen LogP contribution in [0.2, 0.25) is 0 Å². The van der Waals surface area contributed by atoms with E-state index in [4.69, 9.17) is 14.2 Å². The van der Waals surface area contributed by atoms with Gasteiger partial charge in [-0.2, -0.15) is 0 Å². The Balaban J connectivity index is 1.64. The van der Waals surface area contributed by atoms with E-state index >= 15 is 0 Å². The molecule has 1 aliphatic heterocycles. The van der Waals surface area contributed by atoms with E-state index in [1.54, 1.807) is 11.8 Å². The van der Waals surface area contributed by atoms with Crippen molar-refractivity contribution in [2.24, 2.45) is 0 Å². The predicted molar refractivity (Wildman–Crippen MR) is 161 cm³/mol. The van der Waals surface area contributed by atoms with Gasteiger partial charge in [0.1, 0.15) is 18.3 Å². The smallest absolute Gasteiger partial charge is 0.302 e. The van der Waals surface area contributed by atoms with Crippen LogP contribution in [0.15, 0.2) is 35.2 Å². The normalized spacial score (nSPS) is 19.6. The van der Waals surface area contributed by atoms with Gasteiger partial charge in [-0.3, -0.25) is 9.59 Å². The van der Waals surface area contributed by atoms with Gasteiger partial charge in [0.2, 0.25) is 0 Å². The summed E-state index contributed by atoms with van der Waals surface area (Å²) >= 11 is 1.69. The van der Waals surface area contributed by atoms with Crippen molar-refractivity contribution in [1.29, 1.82) is 0 Å². The summed E-state index contributed by atoms with van der Waals surface area (Å²) in [5.41, 5.74) is 0. The number of esters is 2. The van der Waals surface area contributed by atoms with Crippen molar-refractivity contribution < 1.29 is 23.8 Å². The minimum atomic E-state index is -0.317. The first kappa shape index (κ1) is 33.7. The summed E-state index contributed by atoms with van der Waals surface area (Å²) < 4.78 is 17.7. The zero-order valence-electron chi connectivity index (χ0n) is 24.9. The molecule has 0 aliphatic carbocycles. The zero-order chi connectivity index (χ0) is 28.1. The highest BCUT2D eigenvalue weighted by atomic mass is 32.2. The first-order valence-electron chi connectivity index (χ1n) is 15.7. The van der Waals surface area contributed by atoms with E-state index in [2.05, 4.69) is 19.1 Å². The molecule has 0 radical (unpaired) electrons. The number of rotatable bonds is 22. The summed E-state index contributed by atoms with van der Waals surface area (Å²) in [4.78, 5) is 24.7. The van der Waals surface area contributed by atoms with Crippen LogP contribution >= 0.6 is 11.8 Å². The van der Waals surface area contributed by atoms with Gasteiger partial charge in [0.25, 0.3) is 0 Å². The van der Waals surface area contributed by atoms with E-state index in [9.17, 15) is 9.59 Å². The summed E-state index contributed by atoms with van der Waals surface area (Å²) in [5.74, 6) is 0.102. The van der Waals surface area contributed by atoms with Crippen molar-refractivity contribution >= 4 is 23.7 Å². The fourth-order valence-corrected chi connectivity index (χ4v) is 6.42. The van der Waals surface area contributed by atoms with Gasteiger partial charge in [-0.1, -0.05) is 115 Å². The molecule has 5 nitrogen and oxygen atoms in total. The van der Waals surface area contributed by atoms with E-state index in [1.807, 2.05) is 18.2 Å². The van der Waals surface area contributed by atoms with E-state index in [1.165, 1.54) is 97.3 Å². The van der Waals surface area contributed by atoms with Crippen molar-refractivity contribution in [1.82, 2.24) is 0 Å². The van der Waals surface area contributed by atoms with Crippen molar-refractivity contribution in [3.8, 4) is 0 Å². The molecule has 1 fully saturated rings. The minimum Gasteiger partial charge on any atom is -0.460 e. The van der Waals surface area contributed by atoms with Crippen molar-refractivity contribution in [3.05, 3.63) is 30.3 Å². The number of unbranched alkanes of at least 4 members (excludes halogenated alkanes) is 14. The predicted octanol–water partition coefficient (Wildman–Crippen LogP) is 9.06. The Labute approximate surface area is 242 Å². The third kappa shape index (κ3) is 15.7. The van der Waals surface area contributed by atoms with E-state index in [0.29, 0.717) is 12.2 Å². The number of ether oxygens (including phenoxy) is 3. The van der Waals surface area contributed by atoms with E-state index in [-0.39, 0.29) is 36.4 Å². The molecule has 1 saturated heterocycles.